The summed E-state index contributed by atoms with van der Waals surface area (Å²) in [5.41, 5.74) is 0. The number of rotatable bonds is 2. The summed E-state index contributed by atoms with van der Waals surface area (Å²) >= 11 is 0. The maximum Gasteiger partial charge on any atom is 0.336 e. The zero-order valence-electron chi connectivity index (χ0n) is 11.7. The van der Waals surface area contributed by atoms with Gasteiger partial charge in [-0.15, -0.1) is 0 Å². The van der Waals surface area contributed by atoms with Crippen molar-refractivity contribution < 1.29 is 19.1 Å². The number of hydrogen-bond acceptors (Lipinski definition) is 5. The van der Waals surface area contributed by atoms with Crippen LogP contribution >= 0.6 is 0 Å². The Hall–Kier alpha value is -2.09. The summed E-state index contributed by atoms with van der Waals surface area (Å²) < 4.78 is 11.7. The van der Waals surface area contributed by atoms with Crippen LogP contribution in [-0.2, 0) is 21.3 Å². The molecule has 0 aliphatic carbocycles. The van der Waals surface area contributed by atoms with Gasteiger partial charge in [-0.25, -0.2) is 9.59 Å². The van der Waals surface area contributed by atoms with Gasteiger partial charge in [0.15, 0.2) is 6.10 Å². The molecular weight excluding hydrogens is 264 g/mol. The van der Waals surface area contributed by atoms with E-state index >= 15 is 0 Å². The number of urea groups is 1. The molecular formula is C12H18N4O4. The third kappa shape index (κ3) is 3.08. The smallest absolute Gasteiger partial charge is 0.336 e. The molecule has 2 amide bonds. The van der Waals surface area contributed by atoms with E-state index < -0.39 is 12.1 Å². The molecule has 1 aliphatic rings. The third-order valence-corrected chi connectivity index (χ3v) is 3.07. The Morgan fingerprint density at radius 1 is 1.50 bits per heavy atom. The van der Waals surface area contributed by atoms with Crippen molar-refractivity contribution in [1.29, 1.82) is 0 Å². The normalized spacial score (nSPS) is 22.4. The zero-order chi connectivity index (χ0) is 14.7. The monoisotopic (exact) mass is 282 g/mol. The Morgan fingerprint density at radius 2 is 2.25 bits per heavy atom. The molecule has 8 heteroatoms. The van der Waals surface area contributed by atoms with Gasteiger partial charge in [0, 0.05) is 19.7 Å². The predicted molar refractivity (Wildman–Crippen MR) is 70.2 cm³/mol. The molecule has 0 radical (unpaired) electrons. The van der Waals surface area contributed by atoms with Crippen molar-refractivity contribution >= 4 is 17.8 Å². The lowest BCUT2D eigenvalue weighted by atomic mass is 10.2. The van der Waals surface area contributed by atoms with Crippen LogP contribution in [0.5, 0.6) is 0 Å². The van der Waals surface area contributed by atoms with E-state index in [0.29, 0.717) is 12.4 Å². The molecule has 2 heterocycles. The lowest BCUT2D eigenvalue weighted by Gasteiger charge is -2.35. The van der Waals surface area contributed by atoms with E-state index in [4.69, 9.17) is 4.74 Å². The summed E-state index contributed by atoms with van der Waals surface area (Å²) in [7, 11) is 3.03. The third-order valence-electron chi connectivity index (χ3n) is 3.07. The number of esters is 1. The van der Waals surface area contributed by atoms with Crippen molar-refractivity contribution in [2.75, 3.05) is 25.5 Å². The highest BCUT2D eigenvalue weighted by atomic mass is 16.6. The fourth-order valence-corrected chi connectivity index (χ4v) is 2.06. The number of nitrogens with zero attached hydrogens (tertiary/aromatic N) is 3. The van der Waals surface area contributed by atoms with E-state index in [9.17, 15) is 9.59 Å². The Morgan fingerprint density at radius 3 is 2.85 bits per heavy atom. The number of carbonyl (C=O) groups is 2. The Labute approximate surface area is 116 Å². The zero-order valence-corrected chi connectivity index (χ0v) is 11.7. The van der Waals surface area contributed by atoms with Crippen LogP contribution < -0.4 is 5.32 Å². The standard InChI is InChI=1S/C12H18N4O4/c1-8-6-16(7-9(20-8)11(17)19-3)12(18)14-10-4-5-13-15(10)2/h4-5,8-9H,6-7H2,1-3H3,(H,14,18)/t8-,9-/m0/s1. The first kappa shape index (κ1) is 14.3. The molecule has 8 nitrogen and oxygen atoms in total. The Kier molecular flexibility index (Phi) is 4.23. The molecule has 0 unspecified atom stereocenters. The average Bonchev–Trinajstić information content (AvgIpc) is 2.82. The second-order valence-electron chi connectivity index (χ2n) is 4.63. The molecule has 1 N–H and O–H groups in total. The van der Waals surface area contributed by atoms with Crippen molar-refractivity contribution in [2.45, 2.75) is 19.1 Å². The predicted octanol–water partition coefficient (Wildman–Crippen LogP) is 0.214. The van der Waals surface area contributed by atoms with Gasteiger partial charge >= 0.3 is 12.0 Å². The second-order valence-corrected chi connectivity index (χ2v) is 4.63. The molecule has 0 spiro atoms. The van der Waals surface area contributed by atoms with Gasteiger partial charge in [0.25, 0.3) is 0 Å². The maximum absolute atomic E-state index is 12.2. The number of aromatic nitrogens is 2. The van der Waals surface area contributed by atoms with Crippen LogP contribution in [0.25, 0.3) is 0 Å². The highest BCUT2D eigenvalue weighted by Crippen LogP contribution is 2.14. The minimum Gasteiger partial charge on any atom is -0.467 e. The topological polar surface area (TPSA) is 85.7 Å². The molecule has 1 aliphatic heterocycles. The van der Waals surface area contributed by atoms with E-state index in [-0.39, 0.29) is 18.7 Å². The number of morpholine rings is 1. The molecule has 2 rings (SSSR count). The highest BCUT2D eigenvalue weighted by molar-refractivity contribution is 5.89. The van der Waals surface area contributed by atoms with Gasteiger partial charge < -0.3 is 14.4 Å². The lowest BCUT2D eigenvalue weighted by molar-refractivity contribution is -0.163. The van der Waals surface area contributed by atoms with Crippen molar-refractivity contribution in [3.8, 4) is 0 Å². The number of carbonyl (C=O) groups excluding carboxylic acids is 2. The van der Waals surface area contributed by atoms with Crippen LogP contribution in [-0.4, -0.2) is 59.1 Å². The van der Waals surface area contributed by atoms with E-state index in [1.54, 1.807) is 30.9 Å². The molecule has 2 atom stereocenters. The molecule has 110 valence electrons. The van der Waals surface area contributed by atoms with Crippen molar-refractivity contribution in [2.24, 2.45) is 7.05 Å². The van der Waals surface area contributed by atoms with Gasteiger partial charge in [-0.1, -0.05) is 0 Å². The van der Waals surface area contributed by atoms with Gasteiger partial charge in [0.05, 0.1) is 26.0 Å². The van der Waals surface area contributed by atoms with Gasteiger partial charge in [0.1, 0.15) is 5.82 Å². The van der Waals surface area contributed by atoms with Crippen molar-refractivity contribution in [3.05, 3.63) is 12.3 Å². The van der Waals surface area contributed by atoms with Gasteiger partial charge in [-0.3, -0.25) is 10.00 Å². The molecule has 0 saturated carbocycles. The summed E-state index contributed by atoms with van der Waals surface area (Å²) in [6.07, 6.45) is 0.612. The molecule has 1 aromatic heterocycles. The number of ether oxygens (including phenoxy) is 2. The summed E-state index contributed by atoms with van der Waals surface area (Å²) in [6.45, 7) is 2.39. The first-order valence-corrected chi connectivity index (χ1v) is 6.28. The minimum atomic E-state index is -0.749. The van der Waals surface area contributed by atoms with E-state index in [1.165, 1.54) is 12.0 Å². The molecule has 20 heavy (non-hydrogen) atoms. The average molecular weight is 282 g/mol. The minimum absolute atomic E-state index is 0.167. The summed E-state index contributed by atoms with van der Waals surface area (Å²) in [6, 6.07) is 1.40. The van der Waals surface area contributed by atoms with Crippen LogP contribution in [0, 0.1) is 0 Å². The lowest BCUT2D eigenvalue weighted by Crippen LogP contribution is -2.53. The molecule has 1 fully saturated rings. The number of hydrogen-bond donors (Lipinski definition) is 1. The Balaban J connectivity index is 2.02. The molecule has 1 aromatic rings. The van der Waals surface area contributed by atoms with E-state index in [1.807, 2.05) is 0 Å². The summed E-state index contributed by atoms with van der Waals surface area (Å²) in [5.74, 6) is 0.110. The highest BCUT2D eigenvalue weighted by Gasteiger charge is 2.33. The van der Waals surface area contributed by atoms with E-state index in [0.717, 1.165) is 0 Å². The van der Waals surface area contributed by atoms with Crippen LogP contribution in [0.3, 0.4) is 0 Å². The van der Waals surface area contributed by atoms with E-state index in [2.05, 4.69) is 15.2 Å². The van der Waals surface area contributed by atoms with Crippen molar-refractivity contribution in [3.63, 3.8) is 0 Å². The van der Waals surface area contributed by atoms with Crippen LogP contribution in [0.2, 0.25) is 0 Å². The summed E-state index contributed by atoms with van der Waals surface area (Å²) in [4.78, 5) is 25.2. The van der Waals surface area contributed by atoms with Crippen molar-refractivity contribution in [1.82, 2.24) is 14.7 Å². The quantitative estimate of drug-likeness (QED) is 0.784. The first-order valence-electron chi connectivity index (χ1n) is 6.28. The van der Waals surface area contributed by atoms with Gasteiger partial charge in [-0.05, 0) is 6.92 Å². The number of amides is 2. The second kappa shape index (κ2) is 5.91. The SMILES string of the molecule is COC(=O)[C@@H]1CN(C(=O)Nc2ccnn2C)C[C@H](C)O1. The Bertz CT molecular complexity index is 501. The molecule has 0 aromatic carbocycles. The first-order chi connectivity index (χ1) is 9.51. The number of methoxy groups -OCH3 is 1. The fourth-order valence-electron chi connectivity index (χ4n) is 2.06. The van der Waals surface area contributed by atoms with Gasteiger partial charge in [0.2, 0.25) is 0 Å². The van der Waals surface area contributed by atoms with Crippen LogP contribution in [0.4, 0.5) is 10.6 Å². The number of nitrogens with one attached hydrogen (secondary N) is 1. The van der Waals surface area contributed by atoms with Crippen LogP contribution in [0.15, 0.2) is 12.3 Å². The fraction of sp³-hybridized carbons (Fsp3) is 0.583. The summed E-state index contributed by atoms with van der Waals surface area (Å²) in [5, 5.41) is 6.71. The molecule has 1 saturated heterocycles. The largest absolute Gasteiger partial charge is 0.467 e. The van der Waals surface area contributed by atoms with Gasteiger partial charge in [-0.2, -0.15) is 5.10 Å². The van der Waals surface area contributed by atoms with Crippen LogP contribution in [0.1, 0.15) is 6.92 Å². The number of aryl methyl sites for hydroxylation is 1. The molecule has 0 bridgehead atoms. The number of anilines is 1. The maximum atomic E-state index is 12.2.